The van der Waals surface area contributed by atoms with E-state index in [0.29, 0.717) is 0 Å². The summed E-state index contributed by atoms with van der Waals surface area (Å²) in [5, 5.41) is 13.9. The third-order valence-corrected chi connectivity index (χ3v) is 3.99. The van der Waals surface area contributed by atoms with Gasteiger partial charge in [0.1, 0.15) is 5.82 Å². The maximum absolute atomic E-state index is 13.3. The van der Waals surface area contributed by atoms with Crippen molar-refractivity contribution in [3.63, 3.8) is 0 Å². The zero-order chi connectivity index (χ0) is 16.8. The highest BCUT2D eigenvalue weighted by Gasteiger charge is 2.24. The van der Waals surface area contributed by atoms with Gasteiger partial charge in [-0.25, -0.2) is 4.39 Å². The number of halogens is 1. The molecule has 126 valence electrons. The summed E-state index contributed by atoms with van der Waals surface area (Å²) in [5.74, 6) is -1.23. The van der Waals surface area contributed by atoms with Crippen molar-refractivity contribution in [1.82, 2.24) is 5.32 Å². The van der Waals surface area contributed by atoms with Crippen molar-refractivity contribution in [3.8, 4) is 5.75 Å². The van der Waals surface area contributed by atoms with E-state index in [1.807, 2.05) is 0 Å². The number of benzene rings is 1. The molecule has 0 aromatic heterocycles. The molecule has 0 bridgehead atoms. The summed E-state index contributed by atoms with van der Waals surface area (Å²) in [6.07, 6.45) is 5.43. The van der Waals surface area contributed by atoms with E-state index in [-0.39, 0.29) is 23.4 Å². The zero-order valence-corrected chi connectivity index (χ0v) is 13.1. The second-order valence-electron chi connectivity index (χ2n) is 5.83. The van der Waals surface area contributed by atoms with Crippen LogP contribution in [0.2, 0.25) is 0 Å². The van der Waals surface area contributed by atoms with Crippen molar-refractivity contribution in [3.05, 3.63) is 34.1 Å². The average molecular weight is 324 g/mol. The smallest absolute Gasteiger partial charge is 0.311 e. The standard InChI is InChI=1S/C16H21FN2O4/c1-11(16(20)18-13-6-4-2-3-5-7-13)23-15-10-12(17)8-9-14(15)19(21)22/h8-11,13H,2-7H2,1H3,(H,18,20). The quantitative estimate of drug-likeness (QED) is 0.511. The highest BCUT2D eigenvalue weighted by atomic mass is 19.1. The van der Waals surface area contributed by atoms with E-state index in [0.717, 1.165) is 43.9 Å². The van der Waals surface area contributed by atoms with E-state index in [2.05, 4.69) is 5.32 Å². The van der Waals surface area contributed by atoms with E-state index in [4.69, 9.17) is 4.74 Å². The highest BCUT2D eigenvalue weighted by molar-refractivity contribution is 5.81. The Morgan fingerprint density at radius 2 is 2.00 bits per heavy atom. The maximum Gasteiger partial charge on any atom is 0.311 e. The molecule has 1 aromatic carbocycles. The van der Waals surface area contributed by atoms with Crippen LogP contribution in [0.5, 0.6) is 5.75 Å². The lowest BCUT2D eigenvalue weighted by atomic mass is 10.1. The Hall–Kier alpha value is -2.18. The average Bonchev–Trinajstić information content (AvgIpc) is 2.75. The number of nitrogens with zero attached hydrogens (tertiary/aromatic N) is 1. The van der Waals surface area contributed by atoms with Gasteiger partial charge in [-0.05, 0) is 25.8 Å². The minimum absolute atomic E-state index is 0.110. The second-order valence-corrected chi connectivity index (χ2v) is 5.83. The SMILES string of the molecule is CC(Oc1cc(F)ccc1[N+](=O)[O-])C(=O)NC1CCCCCC1. The van der Waals surface area contributed by atoms with Gasteiger partial charge in [0, 0.05) is 18.2 Å². The number of rotatable bonds is 5. The first-order chi connectivity index (χ1) is 11.0. The summed E-state index contributed by atoms with van der Waals surface area (Å²) >= 11 is 0. The Kier molecular flexibility index (Phi) is 5.90. The Labute approximate surface area is 134 Å². The fourth-order valence-corrected chi connectivity index (χ4v) is 2.72. The van der Waals surface area contributed by atoms with Gasteiger partial charge in [-0.3, -0.25) is 14.9 Å². The highest BCUT2D eigenvalue weighted by Crippen LogP contribution is 2.28. The Morgan fingerprint density at radius 1 is 1.35 bits per heavy atom. The summed E-state index contributed by atoms with van der Waals surface area (Å²) in [5.41, 5.74) is -0.361. The third-order valence-electron chi connectivity index (χ3n) is 3.99. The molecule has 1 atom stereocenters. The van der Waals surface area contributed by atoms with Gasteiger partial charge in [0.2, 0.25) is 5.75 Å². The van der Waals surface area contributed by atoms with E-state index >= 15 is 0 Å². The number of nitro groups is 1. The fraction of sp³-hybridized carbons (Fsp3) is 0.562. The van der Waals surface area contributed by atoms with Crippen LogP contribution < -0.4 is 10.1 Å². The molecule has 1 aromatic rings. The monoisotopic (exact) mass is 324 g/mol. The van der Waals surface area contributed by atoms with Crippen molar-refractivity contribution in [1.29, 1.82) is 0 Å². The van der Waals surface area contributed by atoms with Gasteiger partial charge in [-0.1, -0.05) is 25.7 Å². The lowest BCUT2D eigenvalue weighted by molar-refractivity contribution is -0.386. The van der Waals surface area contributed by atoms with Gasteiger partial charge in [0.05, 0.1) is 4.92 Å². The summed E-state index contributed by atoms with van der Waals surface area (Å²) in [6, 6.07) is 3.05. The molecular formula is C16H21FN2O4. The number of carbonyl (C=O) groups is 1. The van der Waals surface area contributed by atoms with Crippen LogP contribution in [0.25, 0.3) is 0 Å². The van der Waals surface area contributed by atoms with Crippen molar-refractivity contribution >= 4 is 11.6 Å². The molecule has 0 aliphatic heterocycles. The van der Waals surface area contributed by atoms with E-state index in [1.54, 1.807) is 0 Å². The van der Waals surface area contributed by atoms with Gasteiger partial charge in [-0.15, -0.1) is 0 Å². The molecule has 1 N–H and O–H groups in total. The first-order valence-electron chi connectivity index (χ1n) is 7.88. The first kappa shape index (κ1) is 17.2. The molecule has 23 heavy (non-hydrogen) atoms. The number of nitrogens with one attached hydrogen (secondary N) is 1. The molecule has 0 radical (unpaired) electrons. The molecule has 2 rings (SSSR count). The molecule has 6 nitrogen and oxygen atoms in total. The topological polar surface area (TPSA) is 81.5 Å². The molecule has 0 heterocycles. The van der Waals surface area contributed by atoms with E-state index < -0.39 is 16.8 Å². The second kappa shape index (κ2) is 7.89. The van der Waals surface area contributed by atoms with Crippen LogP contribution in [0.15, 0.2) is 18.2 Å². The molecule has 0 spiro atoms. The Morgan fingerprint density at radius 3 is 2.61 bits per heavy atom. The summed E-state index contributed by atoms with van der Waals surface area (Å²) in [7, 11) is 0. The molecule has 1 aliphatic carbocycles. The number of hydrogen-bond acceptors (Lipinski definition) is 4. The first-order valence-corrected chi connectivity index (χ1v) is 7.88. The van der Waals surface area contributed by atoms with Crippen molar-refractivity contribution < 1.29 is 18.8 Å². The minimum Gasteiger partial charge on any atom is -0.474 e. The maximum atomic E-state index is 13.3. The van der Waals surface area contributed by atoms with Crippen molar-refractivity contribution in [2.75, 3.05) is 0 Å². The fourth-order valence-electron chi connectivity index (χ4n) is 2.72. The predicted octanol–water partition coefficient (Wildman–Crippen LogP) is 3.34. The largest absolute Gasteiger partial charge is 0.474 e. The van der Waals surface area contributed by atoms with Crippen molar-refractivity contribution in [2.24, 2.45) is 0 Å². The van der Waals surface area contributed by atoms with Gasteiger partial charge in [0.25, 0.3) is 5.91 Å². The number of ether oxygens (including phenoxy) is 1. The Bertz CT molecular complexity index is 571. The summed E-state index contributed by atoms with van der Waals surface area (Å²) < 4.78 is 18.6. The van der Waals surface area contributed by atoms with E-state index in [9.17, 15) is 19.3 Å². The molecule has 1 aliphatic rings. The van der Waals surface area contributed by atoms with Crippen molar-refractivity contribution in [2.45, 2.75) is 57.6 Å². The number of carbonyl (C=O) groups excluding carboxylic acids is 1. The zero-order valence-electron chi connectivity index (χ0n) is 13.1. The molecule has 7 heteroatoms. The van der Waals surface area contributed by atoms with Gasteiger partial charge < -0.3 is 10.1 Å². The van der Waals surface area contributed by atoms with E-state index in [1.165, 1.54) is 19.8 Å². The lowest BCUT2D eigenvalue weighted by Gasteiger charge is -2.20. The van der Waals surface area contributed by atoms with Crippen LogP contribution in [0.1, 0.15) is 45.4 Å². The minimum atomic E-state index is -0.932. The molecule has 1 unspecified atom stereocenters. The summed E-state index contributed by atoms with van der Waals surface area (Å²) in [4.78, 5) is 22.5. The third kappa shape index (κ3) is 4.91. The number of amides is 1. The van der Waals surface area contributed by atoms with Gasteiger partial charge >= 0.3 is 5.69 Å². The number of hydrogen-bond donors (Lipinski definition) is 1. The van der Waals surface area contributed by atoms with Gasteiger partial charge in [0.15, 0.2) is 6.10 Å². The number of nitro benzene ring substituents is 1. The van der Waals surface area contributed by atoms with Crippen LogP contribution >= 0.6 is 0 Å². The normalized spacial score (nSPS) is 17.1. The predicted molar refractivity (Wildman–Crippen MR) is 82.8 cm³/mol. The molecular weight excluding hydrogens is 303 g/mol. The van der Waals surface area contributed by atoms with Crippen LogP contribution in [0, 0.1) is 15.9 Å². The van der Waals surface area contributed by atoms with Crippen LogP contribution in [-0.4, -0.2) is 23.0 Å². The molecule has 1 fully saturated rings. The van der Waals surface area contributed by atoms with Crippen LogP contribution in [0.3, 0.4) is 0 Å². The van der Waals surface area contributed by atoms with Crippen LogP contribution in [0.4, 0.5) is 10.1 Å². The summed E-state index contributed by atoms with van der Waals surface area (Å²) in [6.45, 7) is 1.50. The Balaban J connectivity index is 2.00. The van der Waals surface area contributed by atoms with Crippen LogP contribution in [-0.2, 0) is 4.79 Å². The molecule has 1 saturated carbocycles. The molecule has 0 saturated heterocycles. The van der Waals surface area contributed by atoms with Gasteiger partial charge in [-0.2, -0.15) is 0 Å². The molecule has 1 amide bonds. The lowest BCUT2D eigenvalue weighted by Crippen LogP contribution is -2.42.